The van der Waals surface area contributed by atoms with Crippen LogP contribution >= 0.6 is 11.6 Å². The fourth-order valence-electron chi connectivity index (χ4n) is 3.00. The van der Waals surface area contributed by atoms with Crippen LogP contribution in [0, 0.1) is 17.2 Å². The molecule has 0 aliphatic carbocycles. The largest absolute Gasteiger partial charge is 0.357 e. The molecule has 0 radical (unpaired) electrons. The zero-order chi connectivity index (χ0) is 15.4. The summed E-state index contributed by atoms with van der Waals surface area (Å²) in [5.74, 6) is 1.58. The van der Waals surface area contributed by atoms with Gasteiger partial charge in [0.25, 0.3) is 0 Å². The number of aromatic nitrogens is 1. The van der Waals surface area contributed by atoms with E-state index in [0.717, 1.165) is 44.1 Å². The molecule has 22 heavy (non-hydrogen) atoms. The molecule has 1 aromatic carbocycles. The van der Waals surface area contributed by atoms with Gasteiger partial charge < -0.3 is 4.90 Å². The van der Waals surface area contributed by atoms with Crippen molar-refractivity contribution in [1.29, 1.82) is 5.26 Å². The van der Waals surface area contributed by atoms with E-state index in [0.29, 0.717) is 10.7 Å². The van der Waals surface area contributed by atoms with Crippen LogP contribution in [0.15, 0.2) is 42.5 Å². The maximum absolute atomic E-state index is 9.03. The van der Waals surface area contributed by atoms with E-state index in [1.54, 1.807) is 6.07 Å². The summed E-state index contributed by atoms with van der Waals surface area (Å²) in [5, 5.41) is 9.45. The van der Waals surface area contributed by atoms with E-state index in [4.69, 9.17) is 16.9 Å². The second-order valence-corrected chi connectivity index (χ2v) is 6.14. The quantitative estimate of drug-likeness (QED) is 0.858. The van der Waals surface area contributed by atoms with Crippen molar-refractivity contribution in [2.75, 3.05) is 18.0 Å². The highest BCUT2D eigenvalue weighted by Gasteiger charge is 2.21. The lowest BCUT2D eigenvalue weighted by atomic mass is 9.90. The van der Waals surface area contributed by atoms with Crippen LogP contribution in [0.3, 0.4) is 0 Å². The molecule has 1 aliphatic rings. The third-order valence-electron chi connectivity index (χ3n) is 4.24. The first-order valence-corrected chi connectivity index (χ1v) is 7.99. The Labute approximate surface area is 136 Å². The Morgan fingerprint density at radius 1 is 1.14 bits per heavy atom. The van der Waals surface area contributed by atoms with E-state index < -0.39 is 0 Å². The molecule has 1 saturated heterocycles. The molecule has 1 aliphatic heterocycles. The van der Waals surface area contributed by atoms with Gasteiger partial charge in [-0.2, -0.15) is 5.26 Å². The molecule has 2 aromatic rings. The van der Waals surface area contributed by atoms with Crippen molar-refractivity contribution >= 4 is 17.4 Å². The highest BCUT2D eigenvalue weighted by Crippen LogP contribution is 2.26. The Morgan fingerprint density at radius 2 is 1.86 bits per heavy atom. The average Bonchev–Trinajstić information content (AvgIpc) is 2.57. The molecule has 0 atom stereocenters. The van der Waals surface area contributed by atoms with Crippen molar-refractivity contribution in [2.24, 2.45) is 5.92 Å². The number of anilines is 1. The lowest BCUT2D eigenvalue weighted by molar-refractivity contribution is 0.402. The number of piperidine rings is 1. The molecule has 1 fully saturated rings. The van der Waals surface area contributed by atoms with Gasteiger partial charge in [-0.25, -0.2) is 4.98 Å². The third kappa shape index (κ3) is 3.40. The lowest BCUT2D eigenvalue weighted by Crippen LogP contribution is -2.34. The number of hydrogen-bond donors (Lipinski definition) is 0. The number of pyridine rings is 1. The Morgan fingerprint density at radius 3 is 2.55 bits per heavy atom. The molecular formula is C18H18ClN3. The normalized spacial score (nSPS) is 15.5. The predicted molar refractivity (Wildman–Crippen MR) is 89.0 cm³/mol. The van der Waals surface area contributed by atoms with Crippen LogP contribution in [0.5, 0.6) is 0 Å². The molecule has 3 nitrogen and oxygen atoms in total. The summed E-state index contributed by atoms with van der Waals surface area (Å²) in [4.78, 5) is 6.61. The summed E-state index contributed by atoms with van der Waals surface area (Å²) >= 11 is 5.95. The summed E-state index contributed by atoms with van der Waals surface area (Å²) in [6.45, 7) is 1.97. The van der Waals surface area contributed by atoms with Gasteiger partial charge in [0.05, 0.1) is 5.02 Å². The molecule has 0 amide bonds. The molecular weight excluding hydrogens is 294 g/mol. The van der Waals surface area contributed by atoms with E-state index in [9.17, 15) is 0 Å². The minimum atomic E-state index is 0.311. The molecule has 112 valence electrons. The van der Waals surface area contributed by atoms with Crippen LogP contribution in [-0.4, -0.2) is 18.1 Å². The van der Waals surface area contributed by atoms with Crippen molar-refractivity contribution in [3.05, 3.63) is 58.7 Å². The van der Waals surface area contributed by atoms with E-state index in [1.807, 2.05) is 12.1 Å². The van der Waals surface area contributed by atoms with Crippen LogP contribution in [-0.2, 0) is 6.42 Å². The van der Waals surface area contributed by atoms with Crippen molar-refractivity contribution < 1.29 is 0 Å². The van der Waals surface area contributed by atoms with E-state index in [2.05, 4.69) is 40.2 Å². The topological polar surface area (TPSA) is 39.9 Å². The molecule has 0 bridgehead atoms. The van der Waals surface area contributed by atoms with Crippen molar-refractivity contribution in [3.63, 3.8) is 0 Å². The van der Waals surface area contributed by atoms with Crippen LogP contribution in [0.25, 0.3) is 0 Å². The van der Waals surface area contributed by atoms with Gasteiger partial charge in [0.1, 0.15) is 11.9 Å². The summed E-state index contributed by atoms with van der Waals surface area (Å²) in [7, 11) is 0. The molecule has 2 heterocycles. The number of hydrogen-bond acceptors (Lipinski definition) is 3. The highest BCUT2D eigenvalue weighted by molar-refractivity contribution is 6.31. The van der Waals surface area contributed by atoms with Gasteiger partial charge >= 0.3 is 0 Å². The Hall–Kier alpha value is -2.05. The second kappa shape index (κ2) is 6.81. The smallest absolute Gasteiger partial charge is 0.161 e. The fourth-order valence-corrected chi connectivity index (χ4v) is 3.15. The number of rotatable bonds is 3. The first kappa shape index (κ1) is 14.9. The van der Waals surface area contributed by atoms with Crippen molar-refractivity contribution in [3.8, 4) is 6.07 Å². The predicted octanol–water partition coefficient (Wildman–Crippen LogP) is 4.07. The fraction of sp³-hybridized carbons (Fsp3) is 0.333. The minimum absolute atomic E-state index is 0.311. The summed E-state index contributed by atoms with van der Waals surface area (Å²) in [6, 6.07) is 16.4. The van der Waals surface area contributed by atoms with Gasteiger partial charge in [0.15, 0.2) is 5.69 Å². The molecule has 0 unspecified atom stereocenters. The summed E-state index contributed by atoms with van der Waals surface area (Å²) < 4.78 is 0. The second-order valence-electron chi connectivity index (χ2n) is 5.73. The van der Waals surface area contributed by atoms with Gasteiger partial charge in [0.2, 0.25) is 0 Å². The monoisotopic (exact) mass is 311 g/mol. The van der Waals surface area contributed by atoms with Gasteiger partial charge in [-0.1, -0.05) is 41.9 Å². The first-order chi connectivity index (χ1) is 10.8. The van der Waals surface area contributed by atoms with E-state index in [1.165, 1.54) is 5.56 Å². The number of nitriles is 1. The summed E-state index contributed by atoms with van der Waals surface area (Å²) in [6.07, 6.45) is 3.45. The number of benzene rings is 1. The Balaban J connectivity index is 1.61. The number of nitrogens with zero attached hydrogens (tertiary/aromatic N) is 3. The maximum atomic E-state index is 9.03. The van der Waals surface area contributed by atoms with Gasteiger partial charge in [0, 0.05) is 13.1 Å². The molecule has 3 rings (SSSR count). The molecule has 1 aromatic heterocycles. The number of halogens is 1. The van der Waals surface area contributed by atoms with Crippen LogP contribution in [0.1, 0.15) is 24.1 Å². The van der Waals surface area contributed by atoms with Crippen molar-refractivity contribution in [1.82, 2.24) is 4.98 Å². The van der Waals surface area contributed by atoms with Crippen LogP contribution in [0.2, 0.25) is 5.02 Å². The first-order valence-electron chi connectivity index (χ1n) is 7.62. The Bertz CT molecular complexity index is 670. The average molecular weight is 312 g/mol. The van der Waals surface area contributed by atoms with Gasteiger partial charge in [-0.3, -0.25) is 0 Å². The van der Waals surface area contributed by atoms with E-state index in [-0.39, 0.29) is 0 Å². The maximum Gasteiger partial charge on any atom is 0.161 e. The van der Waals surface area contributed by atoms with Crippen LogP contribution < -0.4 is 4.90 Å². The Kier molecular flexibility index (Phi) is 4.60. The van der Waals surface area contributed by atoms with Gasteiger partial charge in [-0.05, 0) is 42.9 Å². The lowest BCUT2D eigenvalue weighted by Gasteiger charge is -2.33. The summed E-state index contributed by atoms with van der Waals surface area (Å²) in [5.41, 5.74) is 1.72. The SMILES string of the molecule is N#Cc1nc(N2CCC(Cc3ccccc3)CC2)ccc1Cl. The van der Waals surface area contributed by atoms with Crippen molar-refractivity contribution in [2.45, 2.75) is 19.3 Å². The molecule has 0 saturated carbocycles. The van der Waals surface area contributed by atoms with Gasteiger partial charge in [-0.15, -0.1) is 0 Å². The zero-order valence-corrected chi connectivity index (χ0v) is 13.1. The van der Waals surface area contributed by atoms with Crippen LogP contribution in [0.4, 0.5) is 5.82 Å². The minimum Gasteiger partial charge on any atom is -0.357 e. The standard InChI is InChI=1S/C18H18ClN3/c19-16-6-7-18(21-17(16)13-20)22-10-8-15(9-11-22)12-14-4-2-1-3-5-14/h1-7,15H,8-12H2. The third-order valence-corrected chi connectivity index (χ3v) is 4.55. The van der Waals surface area contributed by atoms with E-state index >= 15 is 0 Å². The highest BCUT2D eigenvalue weighted by atomic mass is 35.5. The zero-order valence-electron chi connectivity index (χ0n) is 12.4. The molecule has 4 heteroatoms. The molecule has 0 N–H and O–H groups in total. The molecule has 0 spiro atoms.